The van der Waals surface area contributed by atoms with Gasteiger partial charge in [0.25, 0.3) is 5.56 Å². The second-order valence-electron chi connectivity index (χ2n) is 7.53. The molecule has 0 saturated carbocycles. The van der Waals surface area contributed by atoms with E-state index in [1.807, 2.05) is 34.9 Å². The molecule has 0 bridgehead atoms. The van der Waals surface area contributed by atoms with Crippen molar-refractivity contribution in [2.75, 3.05) is 37.7 Å². The molecule has 1 fully saturated rings. The highest BCUT2D eigenvalue weighted by molar-refractivity contribution is 5.77. The first-order chi connectivity index (χ1) is 17.2. The summed E-state index contributed by atoms with van der Waals surface area (Å²) in [5.74, 6) is 4.78. The number of carboxylic acid groups (broad SMARTS) is 1. The number of hydrogen-bond acceptors (Lipinski definition) is 7. The summed E-state index contributed by atoms with van der Waals surface area (Å²) in [6.07, 6.45) is -3.43. The fourth-order valence-electron chi connectivity index (χ4n) is 3.41. The Labute approximate surface area is 204 Å². The third-order valence-electron chi connectivity index (χ3n) is 5.10. The monoisotopic (exact) mass is 506 g/mol. The standard InChI is InChI=1S/C21H24N6O2.C2HF3O2/c1-2-3-11-26-19-18(24-21(26)25-12-9-22-10-13-25)16-23-27(20(19)28)14-15-29-17-7-5-4-6-8-17;3-2(4,5)1(6)7/h4-8,16,22H,9-15H2,1H3;(H,6,7). The van der Waals surface area contributed by atoms with Crippen molar-refractivity contribution in [3.8, 4) is 17.6 Å². The molecule has 0 atom stereocenters. The van der Waals surface area contributed by atoms with E-state index in [1.165, 1.54) is 4.68 Å². The Bertz CT molecular complexity index is 1290. The van der Waals surface area contributed by atoms with Gasteiger partial charge in [0.05, 0.1) is 19.3 Å². The molecule has 10 nitrogen and oxygen atoms in total. The van der Waals surface area contributed by atoms with Crippen molar-refractivity contribution in [1.29, 1.82) is 0 Å². The van der Waals surface area contributed by atoms with E-state index >= 15 is 0 Å². The predicted octanol–water partition coefficient (Wildman–Crippen LogP) is 1.74. The lowest BCUT2D eigenvalue weighted by Gasteiger charge is -2.28. The van der Waals surface area contributed by atoms with Gasteiger partial charge in [0.2, 0.25) is 5.95 Å². The van der Waals surface area contributed by atoms with Crippen molar-refractivity contribution in [2.24, 2.45) is 0 Å². The van der Waals surface area contributed by atoms with Gasteiger partial charge in [-0.05, 0) is 19.1 Å². The number of imidazole rings is 1. The third kappa shape index (κ3) is 6.76. The molecule has 4 rings (SSSR count). The number of alkyl halides is 3. The smallest absolute Gasteiger partial charge is 0.490 e. The fourth-order valence-corrected chi connectivity index (χ4v) is 3.41. The van der Waals surface area contributed by atoms with Crippen LogP contribution in [0, 0.1) is 11.8 Å². The number of nitrogens with one attached hydrogen (secondary N) is 1. The molecule has 2 N–H and O–H groups in total. The van der Waals surface area contributed by atoms with Crippen LogP contribution in [0.4, 0.5) is 19.1 Å². The van der Waals surface area contributed by atoms with Crippen molar-refractivity contribution in [1.82, 2.24) is 24.6 Å². The summed E-state index contributed by atoms with van der Waals surface area (Å²) in [5, 5.41) is 14.8. The van der Waals surface area contributed by atoms with Gasteiger partial charge < -0.3 is 20.1 Å². The van der Waals surface area contributed by atoms with Crippen LogP contribution in [0.25, 0.3) is 11.0 Å². The summed E-state index contributed by atoms with van der Waals surface area (Å²) < 4.78 is 40.8. The summed E-state index contributed by atoms with van der Waals surface area (Å²) in [4.78, 5) is 28.9. The first kappa shape index (κ1) is 26.6. The zero-order valence-corrected chi connectivity index (χ0v) is 19.5. The number of fused-ring (bicyclic) bond motifs is 1. The van der Waals surface area contributed by atoms with Crippen LogP contribution >= 0.6 is 0 Å². The number of benzene rings is 1. The van der Waals surface area contributed by atoms with Crippen molar-refractivity contribution in [3.05, 3.63) is 46.9 Å². The highest BCUT2D eigenvalue weighted by Gasteiger charge is 2.38. The minimum absolute atomic E-state index is 0.175. The summed E-state index contributed by atoms with van der Waals surface area (Å²) in [6, 6.07) is 9.53. The van der Waals surface area contributed by atoms with Crippen LogP contribution in [0.3, 0.4) is 0 Å². The topological polar surface area (TPSA) is 115 Å². The van der Waals surface area contributed by atoms with Gasteiger partial charge in [0.15, 0.2) is 0 Å². The number of rotatable bonds is 6. The van der Waals surface area contributed by atoms with E-state index in [0.717, 1.165) is 37.9 Å². The maximum atomic E-state index is 13.2. The number of hydrogen-bond donors (Lipinski definition) is 2. The predicted molar refractivity (Wildman–Crippen MR) is 126 cm³/mol. The average molecular weight is 506 g/mol. The number of carbonyl (C=O) groups is 1. The number of ether oxygens (including phenoxy) is 1. The number of halogens is 3. The SMILES string of the molecule is CC#CCn1c(N2CCNCC2)nc2cnn(CCOc3ccccc3)c(=O)c21.O=C(O)C(F)(F)F. The molecule has 36 heavy (non-hydrogen) atoms. The molecule has 0 radical (unpaired) electrons. The van der Waals surface area contributed by atoms with Gasteiger partial charge in [-0.25, -0.2) is 14.5 Å². The molecule has 192 valence electrons. The number of nitrogens with zero attached hydrogens (tertiary/aromatic N) is 5. The molecular weight excluding hydrogens is 481 g/mol. The third-order valence-corrected chi connectivity index (χ3v) is 5.10. The summed E-state index contributed by atoms with van der Waals surface area (Å²) in [7, 11) is 0. The first-order valence-electron chi connectivity index (χ1n) is 11.0. The highest BCUT2D eigenvalue weighted by Crippen LogP contribution is 2.20. The largest absolute Gasteiger partial charge is 0.492 e. The van der Waals surface area contributed by atoms with E-state index in [2.05, 4.69) is 27.2 Å². The van der Waals surface area contributed by atoms with Gasteiger partial charge in [0.1, 0.15) is 23.4 Å². The molecule has 0 unspecified atom stereocenters. The first-order valence-corrected chi connectivity index (χ1v) is 11.0. The lowest BCUT2D eigenvalue weighted by atomic mass is 10.3. The maximum absolute atomic E-state index is 13.2. The molecular formula is C23H25F3N6O4. The van der Waals surface area contributed by atoms with Crippen molar-refractivity contribution in [3.63, 3.8) is 0 Å². The van der Waals surface area contributed by atoms with Crippen LogP contribution in [0.2, 0.25) is 0 Å². The van der Waals surface area contributed by atoms with Crippen LogP contribution < -0.4 is 20.5 Å². The van der Waals surface area contributed by atoms with E-state index in [9.17, 15) is 18.0 Å². The Morgan fingerprint density at radius 2 is 1.89 bits per heavy atom. The van der Waals surface area contributed by atoms with Crippen LogP contribution in [0.1, 0.15) is 6.92 Å². The number of aromatic nitrogens is 4. The number of anilines is 1. The van der Waals surface area contributed by atoms with E-state index < -0.39 is 12.1 Å². The van der Waals surface area contributed by atoms with E-state index in [4.69, 9.17) is 19.6 Å². The maximum Gasteiger partial charge on any atom is 0.490 e. The zero-order chi connectivity index (χ0) is 26.1. The molecule has 3 heterocycles. The Morgan fingerprint density at radius 1 is 1.22 bits per heavy atom. The zero-order valence-electron chi connectivity index (χ0n) is 19.5. The highest BCUT2D eigenvalue weighted by atomic mass is 19.4. The molecule has 13 heteroatoms. The van der Waals surface area contributed by atoms with Crippen LogP contribution in [-0.4, -0.2) is 69.4 Å². The summed E-state index contributed by atoms with van der Waals surface area (Å²) >= 11 is 0. The lowest BCUT2D eigenvalue weighted by Crippen LogP contribution is -2.44. The Morgan fingerprint density at radius 3 is 2.50 bits per heavy atom. The molecule has 1 aliphatic heterocycles. The van der Waals surface area contributed by atoms with Gasteiger partial charge in [-0.15, -0.1) is 5.92 Å². The van der Waals surface area contributed by atoms with Crippen molar-refractivity contribution >= 4 is 23.0 Å². The number of carboxylic acids is 1. The Hall–Kier alpha value is -4.05. The van der Waals surface area contributed by atoms with Crippen LogP contribution in [-0.2, 0) is 17.9 Å². The second-order valence-corrected chi connectivity index (χ2v) is 7.53. The van der Waals surface area contributed by atoms with E-state index in [-0.39, 0.29) is 5.56 Å². The van der Waals surface area contributed by atoms with Crippen LogP contribution in [0.15, 0.2) is 41.3 Å². The van der Waals surface area contributed by atoms with Crippen LogP contribution in [0.5, 0.6) is 5.75 Å². The minimum atomic E-state index is -5.08. The number of aliphatic carboxylic acids is 1. The van der Waals surface area contributed by atoms with Gasteiger partial charge in [0, 0.05) is 26.2 Å². The Kier molecular flexibility index (Phi) is 8.91. The molecule has 0 aliphatic carbocycles. The van der Waals surface area contributed by atoms with E-state index in [1.54, 1.807) is 13.1 Å². The summed E-state index contributed by atoms with van der Waals surface area (Å²) in [5.41, 5.74) is 0.962. The minimum Gasteiger partial charge on any atom is -0.492 e. The molecule has 1 aromatic carbocycles. The number of piperazine rings is 1. The molecule has 0 amide bonds. The lowest BCUT2D eigenvalue weighted by molar-refractivity contribution is -0.192. The molecule has 0 spiro atoms. The second kappa shape index (κ2) is 12.1. The Balaban J connectivity index is 0.000000454. The molecule has 2 aromatic heterocycles. The van der Waals surface area contributed by atoms with E-state index in [0.29, 0.717) is 30.7 Å². The normalized spacial score (nSPS) is 13.4. The molecule has 1 saturated heterocycles. The quantitative estimate of drug-likeness (QED) is 0.486. The average Bonchev–Trinajstić information content (AvgIpc) is 3.24. The number of para-hydroxylation sites is 1. The van der Waals surface area contributed by atoms with Crippen molar-refractivity contribution < 1.29 is 27.8 Å². The summed E-state index contributed by atoms with van der Waals surface area (Å²) in [6.45, 7) is 6.40. The molecule has 1 aliphatic rings. The van der Waals surface area contributed by atoms with Gasteiger partial charge >= 0.3 is 12.1 Å². The van der Waals surface area contributed by atoms with Gasteiger partial charge in [-0.1, -0.05) is 24.1 Å². The van der Waals surface area contributed by atoms with Crippen molar-refractivity contribution in [2.45, 2.75) is 26.2 Å². The molecule has 3 aromatic rings. The van der Waals surface area contributed by atoms with Gasteiger partial charge in [-0.3, -0.25) is 9.36 Å². The fraction of sp³-hybridized carbons (Fsp3) is 0.391. The van der Waals surface area contributed by atoms with Gasteiger partial charge in [-0.2, -0.15) is 18.3 Å².